The Morgan fingerprint density at radius 3 is 2.52 bits per heavy atom. The van der Waals surface area contributed by atoms with Crippen LogP contribution in [0.4, 0.5) is 4.79 Å². The topological polar surface area (TPSA) is 72.3 Å². The van der Waals surface area contributed by atoms with Crippen molar-refractivity contribution in [2.45, 2.75) is 50.4 Å². The highest BCUT2D eigenvalue weighted by Crippen LogP contribution is 2.40. The molecule has 2 aliphatic rings. The van der Waals surface area contributed by atoms with Crippen molar-refractivity contribution >= 4 is 6.03 Å². The van der Waals surface area contributed by atoms with Crippen molar-refractivity contribution in [1.82, 2.24) is 25.0 Å². The van der Waals surface area contributed by atoms with Gasteiger partial charge in [0, 0.05) is 18.6 Å². The average Bonchev–Trinajstić information content (AvgIpc) is 3.27. The number of nitrogens with zero attached hydrogens (tertiary/aromatic N) is 4. The maximum atomic E-state index is 12.7. The second-order valence-corrected chi connectivity index (χ2v) is 6.80. The SMILES string of the molecule is COc1ccc(CNC(=O)N2C3CCC2CC(n2cncn2)C3)cc1. The molecule has 2 unspecified atom stereocenters. The molecule has 0 aliphatic carbocycles. The summed E-state index contributed by atoms with van der Waals surface area (Å²) in [5, 5.41) is 7.34. The molecule has 2 aliphatic heterocycles. The Morgan fingerprint density at radius 1 is 1.20 bits per heavy atom. The van der Waals surface area contributed by atoms with Crippen molar-refractivity contribution in [1.29, 1.82) is 0 Å². The quantitative estimate of drug-likeness (QED) is 0.927. The maximum Gasteiger partial charge on any atom is 0.318 e. The lowest BCUT2D eigenvalue weighted by Gasteiger charge is -2.38. The number of benzene rings is 1. The average molecular weight is 341 g/mol. The van der Waals surface area contributed by atoms with Gasteiger partial charge in [0.15, 0.2) is 0 Å². The minimum atomic E-state index is 0.0420. The largest absolute Gasteiger partial charge is 0.497 e. The summed E-state index contributed by atoms with van der Waals surface area (Å²) in [7, 11) is 1.65. The maximum absolute atomic E-state index is 12.7. The molecule has 7 nitrogen and oxygen atoms in total. The number of aromatic nitrogens is 3. The summed E-state index contributed by atoms with van der Waals surface area (Å²) in [6, 6.07) is 8.76. The summed E-state index contributed by atoms with van der Waals surface area (Å²) in [4.78, 5) is 18.8. The number of hydrogen-bond donors (Lipinski definition) is 1. The predicted octanol–water partition coefficient (Wildman–Crippen LogP) is 2.36. The first kappa shape index (κ1) is 15.9. The zero-order valence-corrected chi connectivity index (χ0v) is 14.3. The molecular formula is C18H23N5O2. The zero-order chi connectivity index (χ0) is 17.2. The lowest BCUT2D eigenvalue weighted by molar-refractivity contribution is 0.120. The Balaban J connectivity index is 1.36. The number of hydrogen-bond acceptors (Lipinski definition) is 4. The van der Waals surface area contributed by atoms with Crippen LogP contribution in [0, 0.1) is 0 Å². The second-order valence-electron chi connectivity index (χ2n) is 6.80. The van der Waals surface area contributed by atoms with Gasteiger partial charge >= 0.3 is 6.03 Å². The molecular weight excluding hydrogens is 318 g/mol. The zero-order valence-electron chi connectivity index (χ0n) is 14.3. The van der Waals surface area contributed by atoms with E-state index >= 15 is 0 Å². The normalized spacial score (nSPS) is 25.0. The molecule has 1 aromatic heterocycles. The third-order valence-electron chi connectivity index (χ3n) is 5.36. The predicted molar refractivity (Wildman–Crippen MR) is 92.2 cm³/mol. The second kappa shape index (κ2) is 6.74. The Morgan fingerprint density at radius 2 is 1.92 bits per heavy atom. The molecule has 2 amide bonds. The molecule has 1 N–H and O–H groups in total. The number of carbonyl (C=O) groups excluding carboxylic acids is 1. The number of urea groups is 1. The van der Waals surface area contributed by atoms with Crippen LogP contribution in [0.3, 0.4) is 0 Å². The van der Waals surface area contributed by atoms with E-state index < -0.39 is 0 Å². The van der Waals surface area contributed by atoms with E-state index in [2.05, 4.69) is 20.3 Å². The van der Waals surface area contributed by atoms with Gasteiger partial charge in [-0.25, -0.2) is 14.5 Å². The number of carbonyl (C=O) groups is 1. The molecule has 2 saturated heterocycles. The number of amides is 2. The van der Waals surface area contributed by atoms with Gasteiger partial charge in [0.2, 0.25) is 0 Å². The molecule has 132 valence electrons. The molecule has 0 saturated carbocycles. The Hall–Kier alpha value is -2.57. The third-order valence-corrected chi connectivity index (χ3v) is 5.36. The molecule has 0 radical (unpaired) electrons. The summed E-state index contributed by atoms with van der Waals surface area (Å²) in [6.07, 6.45) is 7.42. The fourth-order valence-corrected chi connectivity index (χ4v) is 4.11. The molecule has 2 atom stereocenters. The van der Waals surface area contributed by atoms with Crippen molar-refractivity contribution in [3.8, 4) is 5.75 Å². The van der Waals surface area contributed by atoms with E-state index in [0.717, 1.165) is 37.0 Å². The summed E-state index contributed by atoms with van der Waals surface area (Å²) >= 11 is 0. The smallest absolute Gasteiger partial charge is 0.318 e. The molecule has 2 bridgehead atoms. The van der Waals surface area contributed by atoms with Crippen LogP contribution in [0.1, 0.15) is 37.3 Å². The van der Waals surface area contributed by atoms with E-state index in [4.69, 9.17) is 4.74 Å². The summed E-state index contributed by atoms with van der Waals surface area (Å²) in [6.45, 7) is 0.533. The molecule has 0 spiro atoms. The van der Waals surface area contributed by atoms with E-state index in [-0.39, 0.29) is 6.03 Å². The fourth-order valence-electron chi connectivity index (χ4n) is 4.11. The van der Waals surface area contributed by atoms with Crippen LogP contribution in [0.25, 0.3) is 0 Å². The minimum Gasteiger partial charge on any atom is -0.497 e. The number of rotatable bonds is 4. The Labute approximate surface area is 147 Å². The van der Waals surface area contributed by atoms with Crippen LogP contribution in [0.15, 0.2) is 36.9 Å². The highest BCUT2D eigenvalue weighted by molar-refractivity contribution is 5.75. The molecule has 2 aromatic rings. The first-order valence-electron chi connectivity index (χ1n) is 8.78. The van der Waals surface area contributed by atoms with Gasteiger partial charge in [-0.3, -0.25) is 0 Å². The van der Waals surface area contributed by atoms with Gasteiger partial charge < -0.3 is 15.0 Å². The standard InChI is InChI=1S/C18H23N5O2/c1-25-17-6-2-13(3-7-17)10-20-18(24)23-14-4-5-15(23)9-16(8-14)22-12-19-11-21-22/h2-3,6-7,11-12,14-16H,4-5,8-10H2,1H3,(H,20,24). The van der Waals surface area contributed by atoms with Crippen LogP contribution >= 0.6 is 0 Å². The highest BCUT2D eigenvalue weighted by atomic mass is 16.5. The van der Waals surface area contributed by atoms with Crippen molar-refractivity contribution in [3.05, 3.63) is 42.5 Å². The fraction of sp³-hybridized carbons (Fsp3) is 0.500. The number of fused-ring (bicyclic) bond motifs is 2. The summed E-state index contributed by atoms with van der Waals surface area (Å²) in [5.74, 6) is 0.823. The van der Waals surface area contributed by atoms with Gasteiger partial charge in [-0.05, 0) is 43.4 Å². The summed E-state index contributed by atoms with van der Waals surface area (Å²) in [5.41, 5.74) is 1.07. The summed E-state index contributed by atoms with van der Waals surface area (Å²) < 4.78 is 7.10. The number of methoxy groups -OCH3 is 1. The van der Waals surface area contributed by atoms with Crippen LogP contribution in [-0.2, 0) is 6.54 Å². The van der Waals surface area contributed by atoms with E-state index in [0.29, 0.717) is 24.7 Å². The van der Waals surface area contributed by atoms with E-state index in [1.54, 1.807) is 19.8 Å². The third kappa shape index (κ3) is 3.18. The van der Waals surface area contributed by atoms with Crippen LogP contribution in [-0.4, -0.2) is 44.9 Å². The lowest BCUT2D eigenvalue weighted by Crippen LogP contribution is -2.50. The van der Waals surface area contributed by atoms with Gasteiger partial charge in [0.25, 0.3) is 0 Å². The number of ether oxygens (including phenoxy) is 1. The van der Waals surface area contributed by atoms with Gasteiger partial charge in [-0.15, -0.1) is 0 Å². The van der Waals surface area contributed by atoms with Gasteiger partial charge in [0.1, 0.15) is 18.4 Å². The molecule has 3 heterocycles. The minimum absolute atomic E-state index is 0.0420. The molecule has 4 rings (SSSR count). The molecule has 25 heavy (non-hydrogen) atoms. The van der Waals surface area contributed by atoms with Gasteiger partial charge in [-0.2, -0.15) is 5.10 Å². The Bertz CT molecular complexity index is 702. The molecule has 2 fully saturated rings. The lowest BCUT2D eigenvalue weighted by atomic mass is 9.98. The van der Waals surface area contributed by atoms with Crippen molar-refractivity contribution in [2.75, 3.05) is 7.11 Å². The van der Waals surface area contributed by atoms with E-state index in [9.17, 15) is 4.79 Å². The van der Waals surface area contributed by atoms with Crippen LogP contribution in [0.5, 0.6) is 5.75 Å². The Kier molecular flexibility index (Phi) is 4.29. The monoisotopic (exact) mass is 341 g/mol. The van der Waals surface area contributed by atoms with Crippen molar-refractivity contribution in [2.24, 2.45) is 0 Å². The van der Waals surface area contributed by atoms with Crippen LogP contribution < -0.4 is 10.1 Å². The first-order chi connectivity index (χ1) is 12.2. The number of nitrogens with one attached hydrogen (secondary N) is 1. The molecule has 7 heteroatoms. The van der Waals surface area contributed by atoms with E-state index in [1.165, 1.54) is 0 Å². The first-order valence-corrected chi connectivity index (χ1v) is 8.78. The number of piperidine rings is 1. The van der Waals surface area contributed by atoms with Crippen LogP contribution in [0.2, 0.25) is 0 Å². The van der Waals surface area contributed by atoms with Crippen molar-refractivity contribution in [3.63, 3.8) is 0 Å². The van der Waals surface area contributed by atoms with Crippen molar-refractivity contribution < 1.29 is 9.53 Å². The molecule has 1 aromatic carbocycles. The highest BCUT2D eigenvalue weighted by Gasteiger charge is 2.43. The van der Waals surface area contributed by atoms with E-state index in [1.807, 2.05) is 28.9 Å². The van der Waals surface area contributed by atoms with Gasteiger partial charge in [-0.1, -0.05) is 12.1 Å². The van der Waals surface area contributed by atoms with Gasteiger partial charge in [0.05, 0.1) is 13.2 Å².